The molecule has 186 valence electrons. The molecule has 3 rings (SSSR count). The highest BCUT2D eigenvalue weighted by Crippen LogP contribution is 2.31. The third kappa shape index (κ3) is 6.21. The van der Waals surface area contributed by atoms with E-state index in [1.165, 1.54) is 11.8 Å². The Kier molecular flexibility index (Phi) is 9.43. The highest BCUT2D eigenvalue weighted by atomic mass is 32.2. The van der Waals surface area contributed by atoms with Crippen molar-refractivity contribution in [1.82, 2.24) is 10.2 Å². The van der Waals surface area contributed by atoms with Crippen LogP contribution in [0.1, 0.15) is 33.1 Å². The van der Waals surface area contributed by atoms with Gasteiger partial charge in [0.25, 0.3) is 0 Å². The number of aliphatic hydroxyl groups is 3. The van der Waals surface area contributed by atoms with Crippen LogP contribution < -0.4 is 10.6 Å². The van der Waals surface area contributed by atoms with Gasteiger partial charge in [-0.2, -0.15) is 0 Å². The minimum absolute atomic E-state index is 0.111. The molecule has 0 spiro atoms. The maximum absolute atomic E-state index is 13.4. The number of carbonyl (C=O) groups is 1. The summed E-state index contributed by atoms with van der Waals surface area (Å²) in [6.07, 6.45) is -0.0675. The number of amides is 1. The maximum atomic E-state index is 13.4. The van der Waals surface area contributed by atoms with E-state index >= 15 is 0 Å². The van der Waals surface area contributed by atoms with Gasteiger partial charge >= 0.3 is 0 Å². The van der Waals surface area contributed by atoms with Crippen molar-refractivity contribution in [2.45, 2.75) is 81.1 Å². The van der Waals surface area contributed by atoms with Gasteiger partial charge in [0.2, 0.25) is 5.91 Å². The summed E-state index contributed by atoms with van der Waals surface area (Å²) in [6.45, 7) is 4.96. The Morgan fingerprint density at radius 2 is 1.91 bits per heavy atom. The molecule has 0 bridgehead atoms. The number of aliphatic hydroxyl groups excluding tert-OH is 3. The van der Waals surface area contributed by atoms with Crippen LogP contribution >= 0.6 is 11.8 Å². The van der Waals surface area contributed by atoms with Crippen molar-refractivity contribution in [2.24, 2.45) is 5.92 Å². The first-order valence-electron chi connectivity index (χ1n) is 11.8. The number of thioether (sulfide) groups is 1. The summed E-state index contributed by atoms with van der Waals surface area (Å²) in [6, 6.07) is 8.41. The number of para-hydroxylation sites is 1. The number of ether oxygens (including phenoxy) is 1. The van der Waals surface area contributed by atoms with E-state index in [4.69, 9.17) is 4.74 Å². The van der Waals surface area contributed by atoms with Crippen LogP contribution in [-0.4, -0.2) is 94.0 Å². The molecule has 33 heavy (non-hydrogen) atoms. The van der Waals surface area contributed by atoms with E-state index in [9.17, 15) is 20.1 Å². The van der Waals surface area contributed by atoms with Gasteiger partial charge in [-0.1, -0.05) is 31.5 Å². The van der Waals surface area contributed by atoms with Gasteiger partial charge in [-0.25, -0.2) is 0 Å². The van der Waals surface area contributed by atoms with Crippen LogP contribution in [-0.2, 0) is 9.53 Å². The molecule has 1 amide bonds. The first-order valence-corrected chi connectivity index (χ1v) is 13.1. The molecule has 0 aromatic heterocycles. The predicted molar refractivity (Wildman–Crippen MR) is 131 cm³/mol. The largest absolute Gasteiger partial charge is 0.388 e. The van der Waals surface area contributed by atoms with Gasteiger partial charge < -0.3 is 30.7 Å². The summed E-state index contributed by atoms with van der Waals surface area (Å²) < 4.78 is 6.04. The van der Waals surface area contributed by atoms with Crippen molar-refractivity contribution in [3.05, 3.63) is 30.3 Å². The smallest absolute Gasteiger partial charge is 0.237 e. The molecule has 0 aliphatic carbocycles. The number of anilines is 1. The van der Waals surface area contributed by atoms with Crippen molar-refractivity contribution in [3.63, 3.8) is 0 Å². The second-order valence-corrected chi connectivity index (χ2v) is 10.3. The molecule has 9 heteroatoms. The van der Waals surface area contributed by atoms with Crippen molar-refractivity contribution in [2.75, 3.05) is 25.2 Å². The molecule has 1 aromatic carbocycles. The number of hydrogen-bond donors (Lipinski definition) is 5. The lowest BCUT2D eigenvalue weighted by Crippen LogP contribution is -2.66. The van der Waals surface area contributed by atoms with Crippen LogP contribution in [0.5, 0.6) is 0 Å². The maximum Gasteiger partial charge on any atom is 0.237 e. The van der Waals surface area contributed by atoms with Crippen molar-refractivity contribution in [3.8, 4) is 0 Å². The summed E-state index contributed by atoms with van der Waals surface area (Å²) in [5.74, 6) is 0.378. The molecule has 9 atom stereocenters. The Hall–Kier alpha value is -1.36. The molecule has 5 N–H and O–H groups in total. The summed E-state index contributed by atoms with van der Waals surface area (Å²) in [7, 11) is 1.97. The molecule has 4 unspecified atom stereocenters. The van der Waals surface area contributed by atoms with Gasteiger partial charge in [0, 0.05) is 18.3 Å². The number of likely N-dealkylation sites (N-methyl/N-ethyl adjacent to an activating group) is 1. The number of hydrogen-bond acceptors (Lipinski definition) is 8. The van der Waals surface area contributed by atoms with Gasteiger partial charge in [0.15, 0.2) is 0 Å². The number of benzene rings is 1. The average Bonchev–Trinajstić information content (AvgIpc) is 3.17. The van der Waals surface area contributed by atoms with E-state index in [0.717, 1.165) is 31.5 Å². The Morgan fingerprint density at radius 3 is 2.55 bits per heavy atom. The highest BCUT2D eigenvalue weighted by molar-refractivity contribution is 7.99. The molecular weight excluding hydrogens is 442 g/mol. The van der Waals surface area contributed by atoms with Gasteiger partial charge in [0.1, 0.15) is 29.9 Å². The lowest BCUT2D eigenvalue weighted by molar-refractivity contribution is -0.206. The van der Waals surface area contributed by atoms with Crippen LogP contribution in [0.3, 0.4) is 0 Å². The summed E-state index contributed by atoms with van der Waals surface area (Å²) in [5, 5.41) is 38.1. The van der Waals surface area contributed by atoms with Crippen molar-refractivity contribution < 1.29 is 24.9 Å². The zero-order chi connectivity index (χ0) is 24.1. The van der Waals surface area contributed by atoms with Crippen LogP contribution in [0.15, 0.2) is 30.3 Å². The molecule has 1 aromatic rings. The van der Waals surface area contributed by atoms with Gasteiger partial charge in [-0.15, -0.1) is 11.8 Å². The Labute approximate surface area is 201 Å². The molecule has 8 nitrogen and oxygen atoms in total. The zero-order valence-electron chi connectivity index (χ0n) is 19.9. The fourth-order valence-corrected chi connectivity index (χ4v) is 5.71. The molecule has 2 heterocycles. The normalized spacial score (nSPS) is 34.6. The number of nitrogens with zero attached hydrogens (tertiary/aromatic N) is 1. The first kappa shape index (κ1) is 26.2. The quantitative estimate of drug-likeness (QED) is 0.358. The minimum Gasteiger partial charge on any atom is -0.388 e. The van der Waals surface area contributed by atoms with Crippen molar-refractivity contribution >= 4 is 23.4 Å². The van der Waals surface area contributed by atoms with Gasteiger partial charge in [-0.05, 0) is 51.1 Å². The van der Waals surface area contributed by atoms with Crippen LogP contribution in [0.2, 0.25) is 0 Å². The van der Waals surface area contributed by atoms with Crippen molar-refractivity contribution in [1.29, 1.82) is 0 Å². The second-order valence-electron chi connectivity index (χ2n) is 9.36. The minimum atomic E-state index is -1.37. The van der Waals surface area contributed by atoms with Crippen LogP contribution in [0.4, 0.5) is 5.69 Å². The Bertz CT molecular complexity index is 755. The fraction of sp³-hybridized carbons (Fsp3) is 0.708. The first-order chi connectivity index (χ1) is 15.8. The molecule has 2 aliphatic heterocycles. The second kappa shape index (κ2) is 11.9. The van der Waals surface area contributed by atoms with E-state index in [1.54, 1.807) is 6.26 Å². The van der Waals surface area contributed by atoms with E-state index in [1.807, 2.05) is 44.3 Å². The van der Waals surface area contributed by atoms with Gasteiger partial charge in [0.05, 0.1) is 12.1 Å². The fourth-order valence-electron chi connectivity index (χ4n) is 5.03. The summed E-state index contributed by atoms with van der Waals surface area (Å²) in [5.41, 5.74) is 0.164. The molecular formula is C24H39N3O5S. The number of likely N-dealkylation sites (tertiary alicyclic amines) is 1. The molecule has 2 saturated heterocycles. The Morgan fingerprint density at radius 1 is 1.21 bits per heavy atom. The monoisotopic (exact) mass is 481 g/mol. The molecule has 0 saturated carbocycles. The lowest BCUT2D eigenvalue weighted by Gasteiger charge is -2.45. The Balaban J connectivity index is 1.81. The third-order valence-electron chi connectivity index (χ3n) is 6.84. The zero-order valence-corrected chi connectivity index (χ0v) is 20.7. The molecule has 0 radical (unpaired) electrons. The standard InChI is InChI=1S/C24H39N3O5S/c1-5-9-15-12-17(27(3)13-15)23(31)26-18(14(2)25-16-10-7-6-8-11-16)22-20(29)19(28)21(30)24(32-22)33-4/h6-8,10-11,14-15,17-22,24-25,28-30H,5,9,12-13H2,1-4H3,(H,26,31)/t14?,15-,17+,18-,19?,20?,21-,22-,24?/m1/s1. The van der Waals surface area contributed by atoms with E-state index in [-0.39, 0.29) is 18.0 Å². The number of carbonyl (C=O) groups excluding carboxylic acids is 1. The topological polar surface area (TPSA) is 114 Å². The highest BCUT2D eigenvalue weighted by Gasteiger charge is 2.48. The third-order valence-corrected chi connectivity index (χ3v) is 7.70. The van der Waals surface area contributed by atoms with E-state index in [2.05, 4.69) is 22.5 Å². The van der Waals surface area contributed by atoms with Crippen LogP contribution in [0, 0.1) is 5.92 Å². The summed E-state index contributed by atoms with van der Waals surface area (Å²) in [4.78, 5) is 15.5. The average molecular weight is 482 g/mol. The number of nitrogens with one attached hydrogen (secondary N) is 2. The van der Waals surface area contributed by atoms with Gasteiger partial charge in [-0.3, -0.25) is 9.69 Å². The predicted octanol–water partition coefficient (Wildman–Crippen LogP) is 1.26. The molecule has 2 aliphatic rings. The lowest BCUT2D eigenvalue weighted by atomic mass is 9.90. The van der Waals surface area contributed by atoms with E-state index in [0.29, 0.717) is 5.92 Å². The van der Waals surface area contributed by atoms with E-state index < -0.39 is 35.9 Å². The molecule has 2 fully saturated rings. The number of rotatable bonds is 9. The van der Waals surface area contributed by atoms with Crippen LogP contribution in [0.25, 0.3) is 0 Å². The summed E-state index contributed by atoms with van der Waals surface area (Å²) >= 11 is 1.26. The SMILES string of the molecule is CCC[C@@H]1C[C@@H](C(=O)N[C@H](C(C)Nc2ccccc2)[C@H]2OC(SC)[C@H](O)C(O)C2O)N(C)C1.